The van der Waals surface area contributed by atoms with Crippen molar-refractivity contribution in [2.75, 3.05) is 25.5 Å². The molecule has 0 saturated carbocycles. The Morgan fingerprint density at radius 2 is 2.00 bits per heavy atom. The Hall–Kier alpha value is -2.08. The van der Waals surface area contributed by atoms with Gasteiger partial charge in [0.1, 0.15) is 5.75 Å². The summed E-state index contributed by atoms with van der Waals surface area (Å²) < 4.78 is 5.02. The number of aromatic carboxylic acids is 1. The molecule has 2 rings (SSSR count). The standard InChI is InChI=1S/C15H20N2O4/c1-15(5-7-16-8-6-15)14(20)17-12-4-3-10(21-2)9-11(12)13(18)19/h3-4,9,16H,5-8H2,1-2H3,(H,17,20)(H,18,19). The third kappa shape index (κ3) is 3.33. The van der Waals surface area contributed by atoms with Crippen LogP contribution < -0.4 is 15.4 Å². The number of nitrogens with one attached hydrogen (secondary N) is 2. The maximum Gasteiger partial charge on any atom is 0.337 e. The van der Waals surface area contributed by atoms with E-state index >= 15 is 0 Å². The third-order valence-electron chi connectivity index (χ3n) is 3.96. The zero-order chi connectivity index (χ0) is 15.5. The van der Waals surface area contributed by atoms with E-state index in [0.717, 1.165) is 25.9 Å². The van der Waals surface area contributed by atoms with E-state index in [1.807, 2.05) is 6.92 Å². The van der Waals surface area contributed by atoms with Gasteiger partial charge < -0.3 is 20.5 Å². The molecular formula is C15H20N2O4. The molecule has 0 aliphatic carbocycles. The lowest BCUT2D eigenvalue weighted by Crippen LogP contribution is -2.43. The Balaban J connectivity index is 2.22. The van der Waals surface area contributed by atoms with Gasteiger partial charge in [0.2, 0.25) is 5.91 Å². The van der Waals surface area contributed by atoms with E-state index in [1.54, 1.807) is 12.1 Å². The van der Waals surface area contributed by atoms with Crippen LogP contribution >= 0.6 is 0 Å². The molecular weight excluding hydrogens is 272 g/mol. The third-order valence-corrected chi connectivity index (χ3v) is 3.96. The van der Waals surface area contributed by atoms with Gasteiger partial charge in [-0.25, -0.2) is 4.79 Å². The van der Waals surface area contributed by atoms with Gasteiger partial charge in [0.25, 0.3) is 0 Å². The van der Waals surface area contributed by atoms with Crippen LogP contribution in [0.15, 0.2) is 18.2 Å². The second kappa shape index (κ2) is 6.13. The fraction of sp³-hybridized carbons (Fsp3) is 0.467. The van der Waals surface area contributed by atoms with E-state index in [2.05, 4.69) is 10.6 Å². The first-order chi connectivity index (χ1) is 9.96. The minimum Gasteiger partial charge on any atom is -0.497 e. The van der Waals surface area contributed by atoms with Crippen LogP contribution in [0.2, 0.25) is 0 Å². The number of amides is 1. The van der Waals surface area contributed by atoms with Crippen molar-refractivity contribution in [3.05, 3.63) is 23.8 Å². The number of piperidine rings is 1. The molecule has 114 valence electrons. The number of ether oxygens (including phenoxy) is 1. The molecule has 0 bridgehead atoms. The number of carbonyl (C=O) groups is 2. The van der Waals surface area contributed by atoms with Crippen molar-refractivity contribution >= 4 is 17.6 Å². The molecule has 21 heavy (non-hydrogen) atoms. The summed E-state index contributed by atoms with van der Waals surface area (Å²) >= 11 is 0. The number of benzene rings is 1. The summed E-state index contributed by atoms with van der Waals surface area (Å²) in [5, 5.41) is 15.2. The lowest BCUT2D eigenvalue weighted by atomic mass is 9.80. The minimum absolute atomic E-state index is 0.0280. The zero-order valence-corrected chi connectivity index (χ0v) is 12.2. The van der Waals surface area contributed by atoms with Crippen LogP contribution in [-0.4, -0.2) is 37.2 Å². The minimum atomic E-state index is -1.10. The Morgan fingerprint density at radius 1 is 1.33 bits per heavy atom. The van der Waals surface area contributed by atoms with Crippen LogP contribution in [0.5, 0.6) is 5.75 Å². The number of carbonyl (C=O) groups excluding carboxylic acids is 1. The summed E-state index contributed by atoms with van der Waals surface area (Å²) in [5.41, 5.74) is -0.144. The predicted octanol–water partition coefficient (Wildman–Crippen LogP) is 1.72. The van der Waals surface area contributed by atoms with Crippen LogP contribution in [0.3, 0.4) is 0 Å². The van der Waals surface area contributed by atoms with Crippen LogP contribution in [0.25, 0.3) is 0 Å². The van der Waals surface area contributed by atoms with Crippen molar-refractivity contribution in [3.8, 4) is 5.75 Å². The highest BCUT2D eigenvalue weighted by Gasteiger charge is 2.35. The molecule has 1 amide bonds. The fourth-order valence-corrected chi connectivity index (χ4v) is 2.42. The molecule has 1 aliphatic heterocycles. The van der Waals surface area contributed by atoms with Gasteiger partial charge in [-0.2, -0.15) is 0 Å². The Morgan fingerprint density at radius 3 is 2.57 bits per heavy atom. The van der Waals surface area contributed by atoms with Gasteiger partial charge in [-0.05, 0) is 44.1 Å². The normalized spacial score (nSPS) is 17.0. The quantitative estimate of drug-likeness (QED) is 0.786. The smallest absolute Gasteiger partial charge is 0.337 e. The highest BCUT2D eigenvalue weighted by molar-refractivity contribution is 6.02. The molecule has 1 saturated heterocycles. The number of methoxy groups -OCH3 is 1. The van der Waals surface area contributed by atoms with Gasteiger partial charge >= 0.3 is 5.97 Å². The van der Waals surface area contributed by atoms with Gasteiger partial charge in [-0.1, -0.05) is 6.92 Å². The molecule has 1 heterocycles. The lowest BCUT2D eigenvalue weighted by molar-refractivity contribution is -0.126. The van der Waals surface area contributed by atoms with Crippen molar-refractivity contribution in [2.24, 2.45) is 5.41 Å². The number of hydrogen-bond donors (Lipinski definition) is 3. The molecule has 1 aromatic rings. The number of rotatable bonds is 4. The van der Waals surface area contributed by atoms with Crippen molar-refractivity contribution in [1.29, 1.82) is 0 Å². The first-order valence-electron chi connectivity index (χ1n) is 6.90. The molecule has 0 atom stereocenters. The SMILES string of the molecule is COc1ccc(NC(=O)C2(C)CCNCC2)c(C(=O)O)c1. The Kier molecular flexibility index (Phi) is 4.47. The van der Waals surface area contributed by atoms with Crippen LogP contribution in [0.1, 0.15) is 30.1 Å². The molecule has 3 N–H and O–H groups in total. The summed E-state index contributed by atoms with van der Waals surface area (Å²) in [6.45, 7) is 3.49. The highest BCUT2D eigenvalue weighted by Crippen LogP contribution is 2.31. The molecule has 1 aromatic carbocycles. The molecule has 6 nitrogen and oxygen atoms in total. The number of carboxylic acid groups (broad SMARTS) is 1. The summed E-state index contributed by atoms with van der Waals surface area (Å²) in [5.74, 6) is -0.796. The highest BCUT2D eigenvalue weighted by atomic mass is 16.5. The van der Waals surface area contributed by atoms with Crippen molar-refractivity contribution in [1.82, 2.24) is 5.32 Å². The van der Waals surface area contributed by atoms with Crippen molar-refractivity contribution < 1.29 is 19.4 Å². The number of carboxylic acids is 1. The summed E-state index contributed by atoms with van der Waals surface area (Å²) in [6, 6.07) is 4.60. The van der Waals surface area contributed by atoms with Crippen LogP contribution in [0, 0.1) is 5.41 Å². The average molecular weight is 292 g/mol. The van der Waals surface area contributed by atoms with Gasteiger partial charge in [0, 0.05) is 5.41 Å². The van der Waals surface area contributed by atoms with Crippen LogP contribution in [0.4, 0.5) is 5.69 Å². The van der Waals surface area contributed by atoms with Gasteiger partial charge in [0.05, 0.1) is 18.4 Å². The summed E-state index contributed by atoms with van der Waals surface area (Å²) in [7, 11) is 1.47. The monoisotopic (exact) mass is 292 g/mol. The molecule has 0 radical (unpaired) electrons. The average Bonchev–Trinajstić information content (AvgIpc) is 2.48. The van der Waals surface area contributed by atoms with Gasteiger partial charge in [-0.3, -0.25) is 4.79 Å². The molecule has 0 spiro atoms. The fourth-order valence-electron chi connectivity index (χ4n) is 2.42. The molecule has 6 heteroatoms. The first-order valence-corrected chi connectivity index (χ1v) is 6.90. The Bertz CT molecular complexity index is 551. The summed E-state index contributed by atoms with van der Waals surface area (Å²) in [6.07, 6.45) is 1.47. The predicted molar refractivity (Wildman–Crippen MR) is 78.8 cm³/mol. The molecule has 0 aromatic heterocycles. The molecule has 1 fully saturated rings. The van der Waals surface area contributed by atoms with Crippen molar-refractivity contribution in [2.45, 2.75) is 19.8 Å². The van der Waals surface area contributed by atoms with E-state index in [1.165, 1.54) is 13.2 Å². The molecule has 1 aliphatic rings. The zero-order valence-electron chi connectivity index (χ0n) is 12.2. The lowest BCUT2D eigenvalue weighted by Gasteiger charge is -2.32. The maximum absolute atomic E-state index is 12.5. The van der Waals surface area contributed by atoms with E-state index in [4.69, 9.17) is 4.74 Å². The summed E-state index contributed by atoms with van der Waals surface area (Å²) in [4.78, 5) is 23.8. The second-order valence-electron chi connectivity index (χ2n) is 5.48. The van der Waals surface area contributed by atoms with E-state index in [9.17, 15) is 14.7 Å². The van der Waals surface area contributed by atoms with E-state index < -0.39 is 11.4 Å². The second-order valence-corrected chi connectivity index (χ2v) is 5.48. The molecule has 0 unspecified atom stereocenters. The Labute approximate surface area is 123 Å². The first kappa shape index (κ1) is 15.3. The van der Waals surface area contributed by atoms with Crippen molar-refractivity contribution in [3.63, 3.8) is 0 Å². The number of hydrogen-bond acceptors (Lipinski definition) is 4. The van der Waals surface area contributed by atoms with E-state index in [0.29, 0.717) is 11.4 Å². The topological polar surface area (TPSA) is 87.7 Å². The van der Waals surface area contributed by atoms with Crippen LogP contribution in [-0.2, 0) is 4.79 Å². The number of anilines is 1. The maximum atomic E-state index is 12.5. The van der Waals surface area contributed by atoms with E-state index in [-0.39, 0.29) is 11.5 Å². The van der Waals surface area contributed by atoms with Gasteiger partial charge in [-0.15, -0.1) is 0 Å². The largest absolute Gasteiger partial charge is 0.497 e. The van der Waals surface area contributed by atoms with Gasteiger partial charge in [0.15, 0.2) is 0 Å².